The van der Waals surface area contributed by atoms with Crippen LogP contribution in [0.4, 0.5) is 11.8 Å². The molecule has 0 amide bonds. The number of hydrogen-bond acceptors (Lipinski definition) is 7. The molecule has 0 saturated carbocycles. The molecule has 2 aromatic rings. The monoisotopic (exact) mass is 520 g/mol. The second-order valence-corrected chi connectivity index (χ2v) is 11.7. The van der Waals surface area contributed by atoms with Crippen LogP contribution in [0.5, 0.6) is 5.75 Å². The minimum absolute atomic E-state index is 0.512. The highest BCUT2D eigenvalue weighted by molar-refractivity contribution is 5.54. The number of nitrogens with one attached hydrogen (secondary N) is 1. The van der Waals surface area contributed by atoms with E-state index in [0.29, 0.717) is 6.04 Å². The van der Waals surface area contributed by atoms with Crippen molar-refractivity contribution in [2.45, 2.75) is 83.2 Å². The Hall–Kier alpha value is -2.38. The van der Waals surface area contributed by atoms with Gasteiger partial charge in [0.25, 0.3) is 0 Å². The fourth-order valence-corrected chi connectivity index (χ4v) is 6.24. The van der Waals surface area contributed by atoms with Gasteiger partial charge in [-0.15, -0.1) is 0 Å². The Bertz CT molecular complexity index is 1000. The van der Waals surface area contributed by atoms with Crippen LogP contribution in [0.15, 0.2) is 24.3 Å². The van der Waals surface area contributed by atoms with Crippen LogP contribution in [-0.2, 0) is 19.4 Å². The number of nitrogens with zero attached hydrogens (tertiary/aromatic N) is 5. The van der Waals surface area contributed by atoms with Gasteiger partial charge in [0.05, 0.1) is 12.3 Å². The van der Waals surface area contributed by atoms with Crippen molar-refractivity contribution >= 4 is 11.8 Å². The maximum Gasteiger partial charge on any atom is 0.224 e. The predicted molar refractivity (Wildman–Crippen MR) is 156 cm³/mol. The summed E-state index contributed by atoms with van der Waals surface area (Å²) in [6.45, 7) is 7.14. The quantitative estimate of drug-likeness (QED) is 0.412. The fraction of sp³-hybridized carbons (Fsp3) is 0.677. The molecular weight excluding hydrogens is 472 g/mol. The first-order valence-electron chi connectivity index (χ1n) is 15.1. The maximum absolute atomic E-state index is 5.92. The summed E-state index contributed by atoms with van der Waals surface area (Å²) in [5, 5.41) is 3.68. The Labute approximate surface area is 230 Å². The summed E-state index contributed by atoms with van der Waals surface area (Å²) in [4.78, 5) is 17.5. The molecule has 1 atom stereocenters. The summed E-state index contributed by atoms with van der Waals surface area (Å²) in [7, 11) is 4.20. The number of rotatable bonds is 11. The highest BCUT2D eigenvalue weighted by atomic mass is 16.5. The van der Waals surface area contributed by atoms with Crippen molar-refractivity contribution in [3.05, 3.63) is 41.1 Å². The van der Waals surface area contributed by atoms with E-state index >= 15 is 0 Å². The van der Waals surface area contributed by atoms with Crippen molar-refractivity contribution in [2.75, 3.05) is 63.6 Å². The average Bonchev–Trinajstić information content (AvgIpc) is 3.19. The van der Waals surface area contributed by atoms with Gasteiger partial charge in [-0.25, -0.2) is 4.98 Å². The normalized spacial score (nSPS) is 20.4. The molecule has 1 aromatic carbocycles. The molecule has 2 fully saturated rings. The second-order valence-electron chi connectivity index (χ2n) is 11.7. The van der Waals surface area contributed by atoms with E-state index in [1.807, 2.05) is 0 Å². The van der Waals surface area contributed by atoms with Crippen molar-refractivity contribution < 1.29 is 4.74 Å². The molecule has 2 aliphatic heterocycles. The van der Waals surface area contributed by atoms with Gasteiger partial charge in [0.15, 0.2) is 0 Å². The molecule has 2 saturated heterocycles. The van der Waals surface area contributed by atoms with E-state index in [4.69, 9.17) is 14.7 Å². The van der Waals surface area contributed by atoms with E-state index in [1.165, 1.54) is 74.0 Å². The van der Waals surface area contributed by atoms with Crippen LogP contribution in [0.25, 0.3) is 0 Å². The molecule has 0 bridgehead atoms. The van der Waals surface area contributed by atoms with Crippen LogP contribution in [0.2, 0.25) is 0 Å². The van der Waals surface area contributed by atoms with Gasteiger partial charge in [0.1, 0.15) is 11.6 Å². The lowest BCUT2D eigenvalue weighted by molar-refractivity contribution is 0.253. The molecule has 1 aliphatic carbocycles. The number of anilines is 2. The van der Waals surface area contributed by atoms with E-state index in [0.717, 1.165) is 76.8 Å². The van der Waals surface area contributed by atoms with Gasteiger partial charge in [-0.05, 0) is 96.1 Å². The Morgan fingerprint density at radius 2 is 1.71 bits per heavy atom. The molecule has 7 nitrogen and oxygen atoms in total. The molecule has 1 aromatic heterocycles. The van der Waals surface area contributed by atoms with Crippen molar-refractivity contribution in [3.8, 4) is 5.75 Å². The first kappa shape index (κ1) is 27.2. The zero-order valence-electron chi connectivity index (χ0n) is 23.8. The lowest BCUT2D eigenvalue weighted by Crippen LogP contribution is -2.35. The Morgan fingerprint density at radius 1 is 0.921 bits per heavy atom. The Balaban J connectivity index is 1.18. The lowest BCUT2D eigenvalue weighted by atomic mass is 9.96. The second kappa shape index (κ2) is 13.6. The number of hydrogen-bond donors (Lipinski definition) is 1. The zero-order valence-corrected chi connectivity index (χ0v) is 23.8. The van der Waals surface area contributed by atoms with Crippen LogP contribution in [0.3, 0.4) is 0 Å². The van der Waals surface area contributed by atoms with Crippen molar-refractivity contribution in [1.29, 1.82) is 0 Å². The largest absolute Gasteiger partial charge is 0.494 e. The number of ether oxygens (including phenoxy) is 1. The summed E-state index contributed by atoms with van der Waals surface area (Å²) in [5.41, 5.74) is 4.07. The third kappa shape index (κ3) is 7.38. The molecule has 3 aliphatic rings. The lowest BCUT2D eigenvalue weighted by Gasteiger charge is -2.28. The number of likely N-dealkylation sites (tertiary alicyclic amines) is 1. The molecule has 3 heterocycles. The third-order valence-electron chi connectivity index (χ3n) is 8.39. The van der Waals surface area contributed by atoms with Gasteiger partial charge in [-0.2, -0.15) is 4.98 Å². The molecular formula is C31H48N6O. The van der Waals surface area contributed by atoms with E-state index in [9.17, 15) is 0 Å². The van der Waals surface area contributed by atoms with E-state index in [-0.39, 0.29) is 0 Å². The first-order chi connectivity index (χ1) is 18.7. The first-order valence-corrected chi connectivity index (χ1v) is 15.1. The summed E-state index contributed by atoms with van der Waals surface area (Å²) < 4.78 is 5.92. The minimum Gasteiger partial charge on any atom is -0.494 e. The van der Waals surface area contributed by atoms with Crippen LogP contribution in [0.1, 0.15) is 74.6 Å². The van der Waals surface area contributed by atoms with Crippen LogP contribution >= 0.6 is 0 Å². The fourth-order valence-electron chi connectivity index (χ4n) is 6.24. The van der Waals surface area contributed by atoms with Gasteiger partial charge in [0, 0.05) is 44.3 Å². The number of benzene rings is 1. The zero-order chi connectivity index (χ0) is 26.2. The van der Waals surface area contributed by atoms with Gasteiger partial charge >= 0.3 is 0 Å². The molecule has 5 rings (SSSR count). The molecule has 0 radical (unpaired) electrons. The average molecular weight is 521 g/mol. The summed E-state index contributed by atoms with van der Waals surface area (Å²) >= 11 is 0. The third-order valence-corrected chi connectivity index (χ3v) is 8.39. The Kier molecular flexibility index (Phi) is 9.74. The van der Waals surface area contributed by atoms with Gasteiger partial charge in [0.2, 0.25) is 5.95 Å². The predicted octanol–water partition coefficient (Wildman–Crippen LogP) is 5.14. The smallest absolute Gasteiger partial charge is 0.224 e. The highest BCUT2D eigenvalue weighted by Crippen LogP contribution is 2.31. The van der Waals surface area contributed by atoms with Crippen molar-refractivity contribution in [3.63, 3.8) is 0 Å². The maximum atomic E-state index is 5.92. The van der Waals surface area contributed by atoms with E-state index < -0.39 is 0 Å². The Morgan fingerprint density at radius 3 is 2.50 bits per heavy atom. The van der Waals surface area contributed by atoms with Gasteiger partial charge in [-0.3, -0.25) is 4.90 Å². The number of aromatic nitrogens is 2. The van der Waals surface area contributed by atoms with Crippen molar-refractivity contribution in [1.82, 2.24) is 19.8 Å². The number of aryl methyl sites for hydroxylation is 1. The van der Waals surface area contributed by atoms with Gasteiger partial charge in [-0.1, -0.05) is 25.0 Å². The standard InChI is InChI=1S/C31H48N6O/c1-35(2)18-10-22-38-27-16-14-25(15-17-27)24-37-21-9-11-26(37)23-32-31-33-29-13-6-5-12-28(29)30(34-31)36-19-7-3-4-8-20-36/h14-17,26H,3-13,18-24H2,1-2H3,(H,32,33,34). The minimum atomic E-state index is 0.512. The molecule has 1 N–H and O–H groups in total. The highest BCUT2D eigenvalue weighted by Gasteiger charge is 2.26. The topological polar surface area (TPSA) is 56.8 Å². The summed E-state index contributed by atoms with van der Waals surface area (Å²) in [6.07, 6.45) is 13.5. The molecule has 0 spiro atoms. The van der Waals surface area contributed by atoms with E-state index in [1.54, 1.807) is 0 Å². The van der Waals surface area contributed by atoms with E-state index in [2.05, 4.69) is 58.4 Å². The molecule has 208 valence electrons. The van der Waals surface area contributed by atoms with Crippen LogP contribution in [0, 0.1) is 0 Å². The summed E-state index contributed by atoms with van der Waals surface area (Å²) in [6, 6.07) is 9.21. The van der Waals surface area contributed by atoms with Crippen molar-refractivity contribution in [2.24, 2.45) is 0 Å². The van der Waals surface area contributed by atoms with Crippen LogP contribution in [-0.4, -0.2) is 79.2 Å². The summed E-state index contributed by atoms with van der Waals surface area (Å²) in [5.74, 6) is 3.04. The molecule has 38 heavy (non-hydrogen) atoms. The van der Waals surface area contributed by atoms with Gasteiger partial charge < -0.3 is 19.9 Å². The number of fused-ring (bicyclic) bond motifs is 1. The SMILES string of the molecule is CN(C)CCCOc1ccc(CN2CCCC2CNc2nc3c(c(N4CCCCCC4)n2)CCCC3)cc1. The van der Waals surface area contributed by atoms with Crippen LogP contribution < -0.4 is 15.0 Å². The molecule has 1 unspecified atom stereocenters. The molecule has 7 heteroatoms.